The second-order valence-electron chi connectivity index (χ2n) is 6.35. The second-order valence-corrected chi connectivity index (χ2v) is 7.82. The Balaban J connectivity index is 1.68. The van der Waals surface area contributed by atoms with Crippen LogP contribution in [-0.2, 0) is 0 Å². The van der Waals surface area contributed by atoms with Gasteiger partial charge in [0.1, 0.15) is 22.8 Å². The maximum Gasteiger partial charge on any atom is 0.261 e. The molecule has 0 atom stereocenters. The maximum absolute atomic E-state index is 14.4. The van der Waals surface area contributed by atoms with Gasteiger partial charge in [-0.3, -0.25) is 4.79 Å². The highest BCUT2D eigenvalue weighted by atomic mass is 35.5. The van der Waals surface area contributed by atoms with E-state index in [0.29, 0.717) is 5.69 Å². The zero-order valence-corrected chi connectivity index (χ0v) is 17.1. The molecule has 0 saturated heterocycles. The molecule has 8 heteroatoms. The first kappa shape index (κ1) is 19.3. The zero-order valence-electron chi connectivity index (χ0n) is 15.5. The van der Waals surface area contributed by atoms with Gasteiger partial charge in [0.2, 0.25) is 0 Å². The maximum atomic E-state index is 14.4. The van der Waals surface area contributed by atoms with Crippen molar-refractivity contribution in [2.75, 3.05) is 5.32 Å². The largest absolute Gasteiger partial charge is 0.360 e. The van der Waals surface area contributed by atoms with Crippen LogP contribution in [0.4, 0.5) is 10.1 Å². The summed E-state index contributed by atoms with van der Waals surface area (Å²) in [6, 6.07) is 11.6. The summed E-state index contributed by atoms with van der Waals surface area (Å²) >= 11 is 7.70. The highest BCUT2D eigenvalue weighted by Gasteiger charge is 2.25. The molecular formula is C21H15ClFN3O2S. The summed E-state index contributed by atoms with van der Waals surface area (Å²) in [6.07, 6.45) is 0. The normalized spacial score (nSPS) is 10.9. The van der Waals surface area contributed by atoms with Crippen molar-refractivity contribution >= 4 is 34.5 Å². The van der Waals surface area contributed by atoms with Crippen molar-refractivity contribution in [1.29, 1.82) is 0 Å². The number of carbonyl (C=O) groups is 1. The van der Waals surface area contributed by atoms with Crippen LogP contribution in [0.2, 0.25) is 5.02 Å². The van der Waals surface area contributed by atoms with Gasteiger partial charge in [0.15, 0.2) is 0 Å². The van der Waals surface area contributed by atoms with Crippen LogP contribution in [0.3, 0.4) is 0 Å². The predicted octanol–water partition coefficient (Wildman–Crippen LogP) is 6.13. The number of thiazole rings is 1. The Hall–Kier alpha value is -3.03. The van der Waals surface area contributed by atoms with Crippen molar-refractivity contribution in [2.45, 2.75) is 13.8 Å². The van der Waals surface area contributed by atoms with Gasteiger partial charge < -0.3 is 9.84 Å². The van der Waals surface area contributed by atoms with Gasteiger partial charge in [0.25, 0.3) is 5.91 Å². The first-order chi connectivity index (χ1) is 13.9. The summed E-state index contributed by atoms with van der Waals surface area (Å²) < 4.78 is 19.5. The van der Waals surface area contributed by atoms with Crippen molar-refractivity contribution in [3.05, 3.63) is 75.0 Å². The Morgan fingerprint density at radius 2 is 2.00 bits per heavy atom. The summed E-state index contributed by atoms with van der Waals surface area (Å²) in [4.78, 5) is 17.4. The Bertz CT molecular complexity index is 1200. The lowest BCUT2D eigenvalue weighted by molar-refractivity contribution is 0.102. The number of nitrogens with zero attached hydrogens (tertiary/aromatic N) is 2. The fourth-order valence-corrected chi connectivity index (χ4v) is 3.85. The molecule has 2 aromatic heterocycles. The summed E-state index contributed by atoms with van der Waals surface area (Å²) in [5.74, 6) is -0.784. The molecule has 4 aromatic rings. The van der Waals surface area contributed by atoms with E-state index in [1.54, 1.807) is 24.3 Å². The topological polar surface area (TPSA) is 68.0 Å². The number of aromatic nitrogens is 2. The lowest BCUT2D eigenvalue weighted by Gasteiger charge is -2.08. The minimum Gasteiger partial charge on any atom is -0.360 e. The number of aryl methyl sites for hydroxylation is 2. The van der Waals surface area contributed by atoms with E-state index in [2.05, 4.69) is 15.5 Å². The minimum atomic E-state index is -0.583. The highest BCUT2D eigenvalue weighted by Crippen LogP contribution is 2.34. The van der Waals surface area contributed by atoms with Crippen LogP contribution in [0.1, 0.15) is 21.1 Å². The molecule has 146 valence electrons. The number of halogens is 2. The number of anilines is 1. The summed E-state index contributed by atoms with van der Waals surface area (Å²) in [7, 11) is 0. The summed E-state index contributed by atoms with van der Waals surface area (Å²) in [5, 5.41) is 9.75. The molecule has 0 bridgehead atoms. The molecule has 2 heterocycles. The van der Waals surface area contributed by atoms with Crippen LogP contribution >= 0.6 is 22.9 Å². The molecule has 0 aliphatic carbocycles. The van der Waals surface area contributed by atoms with Crippen molar-refractivity contribution in [2.24, 2.45) is 0 Å². The fourth-order valence-electron chi connectivity index (χ4n) is 2.98. The predicted molar refractivity (Wildman–Crippen MR) is 112 cm³/mol. The van der Waals surface area contributed by atoms with Gasteiger partial charge in [-0.1, -0.05) is 35.0 Å². The van der Waals surface area contributed by atoms with Crippen LogP contribution in [0.5, 0.6) is 0 Å². The van der Waals surface area contributed by atoms with Gasteiger partial charge in [-0.25, -0.2) is 9.37 Å². The van der Waals surface area contributed by atoms with Crippen LogP contribution in [-0.4, -0.2) is 16.0 Å². The van der Waals surface area contributed by atoms with E-state index in [1.807, 2.05) is 30.5 Å². The van der Waals surface area contributed by atoms with Gasteiger partial charge >= 0.3 is 0 Å². The molecule has 0 radical (unpaired) electrons. The first-order valence-electron chi connectivity index (χ1n) is 8.68. The van der Waals surface area contributed by atoms with E-state index in [9.17, 15) is 9.18 Å². The Labute approximate surface area is 175 Å². The molecule has 0 unspecified atom stereocenters. The average molecular weight is 428 g/mol. The molecule has 1 amide bonds. The fraction of sp³-hybridized carbons (Fsp3) is 0.0952. The quantitative estimate of drug-likeness (QED) is 0.425. The van der Waals surface area contributed by atoms with Crippen molar-refractivity contribution in [1.82, 2.24) is 10.1 Å². The molecule has 2 aromatic carbocycles. The summed E-state index contributed by atoms with van der Waals surface area (Å²) in [5.41, 5.74) is 2.52. The van der Waals surface area contributed by atoms with E-state index < -0.39 is 11.7 Å². The number of carbonyl (C=O) groups excluding carboxylic acids is 1. The standard InChI is InChI=1S/C21H15ClFN3O2S/c1-11-18(20(26-28-11)19-15(22)7-4-8-16(19)23)21(27)25-14-6-3-5-13(9-14)17-10-29-12(2)24-17/h3-10H,1-2H3,(H,25,27). The van der Waals surface area contributed by atoms with E-state index in [4.69, 9.17) is 16.1 Å². The monoisotopic (exact) mass is 427 g/mol. The molecule has 0 saturated carbocycles. The molecule has 29 heavy (non-hydrogen) atoms. The van der Waals surface area contributed by atoms with Crippen molar-refractivity contribution in [3.8, 4) is 22.5 Å². The number of hydrogen-bond donors (Lipinski definition) is 1. The highest BCUT2D eigenvalue weighted by molar-refractivity contribution is 7.09. The molecule has 0 spiro atoms. The molecule has 4 rings (SSSR count). The Morgan fingerprint density at radius 1 is 1.21 bits per heavy atom. The molecule has 0 fully saturated rings. The van der Waals surface area contributed by atoms with Gasteiger partial charge in [-0.2, -0.15) is 0 Å². The molecular weight excluding hydrogens is 413 g/mol. The lowest BCUT2D eigenvalue weighted by atomic mass is 10.0. The third-order valence-electron chi connectivity index (χ3n) is 4.32. The summed E-state index contributed by atoms with van der Waals surface area (Å²) in [6.45, 7) is 3.53. The Kier molecular flexibility index (Phi) is 5.17. The molecule has 0 aliphatic rings. The van der Waals surface area contributed by atoms with E-state index in [0.717, 1.165) is 16.3 Å². The second kappa shape index (κ2) is 7.77. The van der Waals surface area contributed by atoms with E-state index in [1.165, 1.54) is 18.2 Å². The first-order valence-corrected chi connectivity index (χ1v) is 9.94. The van der Waals surface area contributed by atoms with Crippen LogP contribution in [0.15, 0.2) is 52.4 Å². The number of amides is 1. The average Bonchev–Trinajstić information content (AvgIpc) is 3.28. The lowest BCUT2D eigenvalue weighted by Crippen LogP contribution is -2.13. The third kappa shape index (κ3) is 3.79. The Morgan fingerprint density at radius 3 is 2.72 bits per heavy atom. The van der Waals surface area contributed by atoms with Crippen molar-refractivity contribution in [3.63, 3.8) is 0 Å². The minimum absolute atomic E-state index is 0.0304. The number of nitrogens with one attached hydrogen (secondary N) is 1. The van der Waals surface area contributed by atoms with Gasteiger partial charge in [0, 0.05) is 16.6 Å². The molecule has 0 aliphatic heterocycles. The SMILES string of the molecule is Cc1nc(-c2cccc(NC(=O)c3c(-c4c(F)cccc4Cl)noc3C)c2)cs1. The molecule has 5 nitrogen and oxygen atoms in total. The third-order valence-corrected chi connectivity index (χ3v) is 5.41. The van der Waals surface area contributed by atoms with E-state index >= 15 is 0 Å². The van der Waals surface area contributed by atoms with Gasteiger partial charge in [-0.15, -0.1) is 11.3 Å². The van der Waals surface area contributed by atoms with Crippen LogP contribution in [0.25, 0.3) is 22.5 Å². The van der Waals surface area contributed by atoms with Crippen molar-refractivity contribution < 1.29 is 13.7 Å². The van der Waals surface area contributed by atoms with Crippen LogP contribution in [0, 0.1) is 19.7 Å². The van der Waals surface area contributed by atoms with Gasteiger partial charge in [0.05, 0.1) is 21.3 Å². The number of rotatable bonds is 4. The molecule has 1 N–H and O–H groups in total. The smallest absolute Gasteiger partial charge is 0.261 e. The zero-order chi connectivity index (χ0) is 20.5. The van der Waals surface area contributed by atoms with Crippen LogP contribution < -0.4 is 5.32 Å². The van der Waals surface area contributed by atoms with E-state index in [-0.39, 0.29) is 27.6 Å². The number of hydrogen-bond acceptors (Lipinski definition) is 5. The van der Waals surface area contributed by atoms with Gasteiger partial charge in [-0.05, 0) is 38.1 Å². The number of benzene rings is 2.